The fraction of sp³-hybridized carbons (Fsp3) is 0.571. The standard InChI is InChI=1S/C14H20N2O4/c1-2-20-13-7-11(8-13)15-9-14(17)10-3-5-12(6-4-10)16(18)19/h3-6,11,13-15,17H,2,7-9H2,1H3. The van der Waals surface area contributed by atoms with Crippen LogP contribution in [0.1, 0.15) is 31.4 Å². The van der Waals surface area contributed by atoms with E-state index < -0.39 is 11.0 Å². The van der Waals surface area contributed by atoms with Crippen molar-refractivity contribution in [2.45, 2.75) is 38.0 Å². The quantitative estimate of drug-likeness (QED) is 0.587. The van der Waals surface area contributed by atoms with Gasteiger partial charge >= 0.3 is 0 Å². The molecule has 1 fully saturated rings. The van der Waals surface area contributed by atoms with Crippen molar-refractivity contribution in [3.8, 4) is 0 Å². The monoisotopic (exact) mass is 280 g/mol. The van der Waals surface area contributed by atoms with Gasteiger partial charge in [0.1, 0.15) is 0 Å². The van der Waals surface area contributed by atoms with Crippen molar-refractivity contribution in [2.75, 3.05) is 13.2 Å². The first kappa shape index (κ1) is 14.9. The van der Waals surface area contributed by atoms with E-state index in [0.29, 0.717) is 24.3 Å². The number of nitro benzene ring substituents is 1. The van der Waals surface area contributed by atoms with Crippen LogP contribution in [0.2, 0.25) is 0 Å². The van der Waals surface area contributed by atoms with Crippen molar-refractivity contribution >= 4 is 5.69 Å². The zero-order chi connectivity index (χ0) is 14.5. The van der Waals surface area contributed by atoms with E-state index in [1.165, 1.54) is 12.1 Å². The molecule has 0 radical (unpaired) electrons. The van der Waals surface area contributed by atoms with Crippen molar-refractivity contribution in [1.82, 2.24) is 5.32 Å². The summed E-state index contributed by atoms with van der Waals surface area (Å²) in [5.41, 5.74) is 0.719. The van der Waals surface area contributed by atoms with Gasteiger partial charge in [-0.3, -0.25) is 10.1 Å². The summed E-state index contributed by atoms with van der Waals surface area (Å²) in [6, 6.07) is 6.39. The van der Waals surface area contributed by atoms with E-state index in [4.69, 9.17) is 4.74 Å². The Bertz CT molecular complexity index is 443. The highest BCUT2D eigenvalue weighted by Gasteiger charge is 2.29. The van der Waals surface area contributed by atoms with E-state index in [0.717, 1.165) is 19.4 Å². The maximum atomic E-state index is 10.5. The molecule has 1 aromatic rings. The van der Waals surface area contributed by atoms with Crippen LogP contribution in [0, 0.1) is 10.1 Å². The van der Waals surface area contributed by atoms with E-state index in [1.807, 2.05) is 6.92 Å². The summed E-state index contributed by atoms with van der Waals surface area (Å²) in [5, 5.41) is 23.8. The van der Waals surface area contributed by atoms with Gasteiger partial charge < -0.3 is 15.2 Å². The second kappa shape index (κ2) is 6.78. The van der Waals surface area contributed by atoms with Crippen molar-refractivity contribution in [3.05, 3.63) is 39.9 Å². The Morgan fingerprint density at radius 1 is 1.45 bits per heavy atom. The molecule has 1 aromatic carbocycles. The number of rotatable bonds is 7. The molecule has 1 saturated carbocycles. The first-order valence-corrected chi connectivity index (χ1v) is 6.87. The maximum Gasteiger partial charge on any atom is 0.269 e. The molecule has 2 N–H and O–H groups in total. The van der Waals surface area contributed by atoms with Gasteiger partial charge in [-0.15, -0.1) is 0 Å². The molecule has 0 spiro atoms. The van der Waals surface area contributed by atoms with Gasteiger partial charge in [0.05, 0.1) is 17.1 Å². The molecule has 1 unspecified atom stereocenters. The lowest BCUT2D eigenvalue weighted by atomic mass is 9.89. The van der Waals surface area contributed by atoms with Gasteiger partial charge in [-0.25, -0.2) is 0 Å². The summed E-state index contributed by atoms with van der Waals surface area (Å²) >= 11 is 0. The minimum atomic E-state index is -0.651. The Labute approximate surface area is 117 Å². The SMILES string of the molecule is CCOC1CC(NCC(O)c2ccc([N+](=O)[O-])cc2)C1. The highest BCUT2D eigenvalue weighted by Crippen LogP contribution is 2.24. The van der Waals surface area contributed by atoms with Crippen LogP contribution in [0.3, 0.4) is 0 Å². The molecule has 110 valence electrons. The lowest BCUT2D eigenvalue weighted by Gasteiger charge is -2.36. The highest BCUT2D eigenvalue weighted by atomic mass is 16.6. The van der Waals surface area contributed by atoms with Crippen molar-refractivity contribution in [3.63, 3.8) is 0 Å². The topological polar surface area (TPSA) is 84.6 Å². The van der Waals surface area contributed by atoms with Crippen LogP contribution in [0.4, 0.5) is 5.69 Å². The second-order valence-electron chi connectivity index (χ2n) is 5.02. The predicted octanol–water partition coefficient (Wildman–Crippen LogP) is 1.79. The fourth-order valence-electron chi connectivity index (χ4n) is 2.32. The molecule has 6 heteroatoms. The maximum absolute atomic E-state index is 10.5. The highest BCUT2D eigenvalue weighted by molar-refractivity contribution is 5.33. The molecule has 0 heterocycles. The molecule has 0 amide bonds. The minimum Gasteiger partial charge on any atom is -0.387 e. The van der Waals surface area contributed by atoms with E-state index >= 15 is 0 Å². The molecule has 1 aliphatic rings. The average Bonchev–Trinajstić information content (AvgIpc) is 2.41. The normalized spacial score (nSPS) is 23.1. The van der Waals surface area contributed by atoms with Crippen molar-refractivity contribution < 1.29 is 14.8 Å². The molecule has 2 rings (SSSR count). The Kier molecular flexibility index (Phi) is 5.05. The van der Waals surface area contributed by atoms with Gasteiger partial charge in [0, 0.05) is 31.3 Å². The third-order valence-electron chi connectivity index (χ3n) is 3.59. The molecule has 0 aromatic heterocycles. The Hall–Kier alpha value is -1.50. The summed E-state index contributed by atoms with van der Waals surface area (Å²) in [6.45, 7) is 3.17. The molecule has 0 saturated heterocycles. The Morgan fingerprint density at radius 3 is 2.65 bits per heavy atom. The molecule has 1 atom stereocenters. The van der Waals surface area contributed by atoms with Crippen LogP contribution in [0.5, 0.6) is 0 Å². The number of aliphatic hydroxyl groups is 1. The lowest BCUT2D eigenvalue weighted by molar-refractivity contribution is -0.384. The summed E-state index contributed by atoms with van der Waals surface area (Å²) in [5.74, 6) is 0. The molecule has 1 aliphatic carbocycles. The predicted molar refractivity (Wildman–Crippen MR) is 74.5 cm³/mol. The second-order valence-corrected chi connectivity index (χ2v) is 5.02. The number of benzene rings is 1. The molecule has 6 nitrogen and oxygen atoms in total. The number of non-ortho nitro benzene ring substituents is 1. The number of hydrogen-bond donors (Lipinski definition) is 2. The zero-order valence-electron chi connectivity index (χ0n) is 11.5. The summed E-state index contributed by atoms with van der Waals surface area (Å²) in [4.78, 5) is 10.1. The summed E-state index contributed by atoms with van der Waals surface area (Å²) < 4.78 is 5.47. The van der Waals surface area contributed by atoms with Gasteiger partial charge in [-0.05, 0) is 37.5 Å². The average molecular weight is 280 g/mol. The van der Waals surface area contributed by atoms with E-state index in [1.54, 1.807) is 12.1 Å². The van der Waals surface area contributed by atoms with Gasteiger partial charge in [0.25, 0.3) is 5.69 Å². The summed E-state index contributed by atoms with van der Waals surface area (Å²) in [7, 11) is 0. The Morgan fingerprint density at radius 2 is 2.10 bits per heavy atom. The Balaban J connectivity index is 1.75. The number of aliphatic hydroxyl groups excluding tert-OH is 1. The smallest absolute Gasteiger partial charge is 0.269 e. The van der Waals surface area contributed by atoms with E-state index in [-0.39, 0.29) is 5.69 Å². The van der Waals surface area contributed by atoms with Crippen molar-refractivity contribution in [2.24, 2.45) is 0 Å². The third kappa shape index (κ3) is 3.75. The minimum absolute atomic E-state index is 0.0347. The molecular formula is C14H20N2O4. The first-order valence-electron chi connectivity index (χ1n) is 6.87. The number of nitro groups is 1. The molecule has 20 heavy (non-hydrogen) atoms. The molecule has 0 aliphatic heterocycles. The summed E-state index contributed by atoms with van der Waals surface area (Å²) in [6.07, 6.45) is 1.64. The van der Waals surface area contributed by atoms with Crippen LogP contribution in [0.25, 0.3) is 0 Å². The van der Waals surface area contributed by atoms with E-state index in [9.17, 15) is 15.2 Å². The fourth-order valence-corrected chi connectivity index (χ4v) is 2.32. The van der Waals surface area contributed by atoms with Crippen molar-refractivity contribution in [1.29, 1.82) is 0 Å². The van der Waals surface area contributed by atoms with Gasteiger partial charge in [-0.2, -0.15) is 0 Å². The van der Waals surface area contributed by atoms with Crippen LogP contribution in [-0.2, 0) is 4.74 Å². The third-order valence-corrected chi connectivity index (χ3v) is 3.59. The largest absolute Gasteiger partial charge is 0.387 e. The number of nitrogens with zero attached hydrogens (tertiary/aromatic N) is 1. The first-order chi connectivity index (χ1) is 9.60. The van der Waals surface area contributed by atoms with Crippen LogP contribution >= 0.6 is 0 Å². The number of hydrogen-bond acceptors (Lipinski definition) is 5. The van der Waals surface area contributed by atoms with Crippen LogP contribution in [-0.4, -0.2) is 35.3 Å². The van der Waals surface area contributed by atoms with Crippen LogP contribution in [0.15, 0.2) is 24.3 Å². The zero-order valence-corrected chi connectivity index (χ0v) is 11.5. The molecule has 0 bridgehead atoms. The number of nitrogens with one attached hydrogen (secondary N) is 1. The van der Waals surface area contributed by atoms with E-state index in [2.05, 4.69) is 5.32 Å². The van der Waals surface area contributed by atoms with Crippen LogP contribution < -0.4 is 5.32 Å². The van der Waals surface area contributed by atoms with Gasteiger partial charge in [-0.1, -0.05) is 0 Å². The molecular weight excluding hydrogens is 260 g/mol. The number of ether oxygens (including phenoxy) is 1. The lowest BCUT2D eigenvalue weighted by Crippen LogP contribution is -2.46. The van der Waals surface area contributed by atoms with Gasteiger partial charge in [0.15, 0.2) is 0 Å². The van der Waals surface area contributed by atoms with Gasteiger partial charge in [0.2, 0.25) is 0 Å².